The lowest BCUT2D eigenvalue weighted by Gasteiger charge is -2.34. The first kappa shape index (κ1) is 25.3. The normalized spacial score (nSPS) is 15.9. The van der Waals surface area contributed by atoms with E-state index >= 15 is 0 Å². The van der Waals surface area contributed by atoms with Crippen LogP contribution in [0.2, 0.25) is 0 Å². The van der Waals surface area contributed by atoms with Gasteiger partial charge in [-0.25, -0.2) is 19.4 Å². The molecule has 2 aromatic carbocycles. The van der Waals surface area contributed by atoms with Crippen LogP contribution in [0, 0.1) is 0 Å². The van der Waals surface area contributed by atoms with Crippen molar-refractivity contribution in [1.29, 1.82) is 0 Å². The van der Waals surface area contributed by atoms with Crippen molar-refractivity contribution in [3.63, 3.8) is 0 Å². The van der Waals surface area contributed by atoms with Gasteiger partial charge in [0.05, 0.1) is 18.5 Å². The van der Waals surface area contributed by atoms with Gasteiger partial charge in [0.2, 0.25) is 0 Å². The minimum Gasteiger partial charge on any atom is -0.497 e. The van der Waals surface area contributed by atoms with E-state index in [1.165, 1.54) is 6.33 Å². The Morgan fingerprint density at radius 3 is 2.55 bits per heavy atom. The SMILES string of the molecule is COc1cccc(Oc2ccc(-c3nn(C4CCCN(C(=O)OC(C)(C)C)C4)c4ncnc(N)c34)cc2)c1. The molecule has 5 rings (SSSR count). The molecule has 0 aliphatic carbocycles. The molecule has 0 spiro atoms. The summed E-state index contributed by atoms with van der Waals surface area (Å²) in [6.45, 7) is 6.72. The van der Waals surface area contributed by atoms with Gasteiger partial charge in [-0.2, -0.15) is 5.10 Å². The van der Waals surface area contributed by atoms with Gasteiger partial charge in [-0.3, -0.25) is 0 Å². The summed E-state index contributed by atoms with van der Waals surface area (Å²) in [6, 6.07) is 15.0. The van der Waals surface area contributed by atoms with Gasteiger partial charge in [0.1, 0.15) is 40.7 Å². The Hall–Kier alpha value is -4.34. The molecule has 10 nitrogen and oxygen atoms in total. The third kappa shape index (κ3) is 5.34. The maximum atomic E-state index is 12.7. The van der Waals surface area contributed by atoms with Crippen molar-refractivity contribution in [2.24, 2.45) is 0 Å². The third-order valence-corrected chi connectivity index (χ3v) is 6.32. The number of likely N-dealkylation sites (tertiary alicyclic amines) is 1. The highest BCUT2D eigenvalue weighted by Crippen LogP contribution is 2.35. The molecular formula is C28H32N6O4. The first-order chi connectivity index (χ1) is 18.2. The number of carbonyl (C=O) groups is 1. The second-order valence-electron chi connectivity index (χ2n) is 10.3. The van der Waals surface area contributed by atoms with E-state index < -0.39 is 5.60 Å². The largest absolute Gasteiger partial charge is 0.497 e. The number of amides is 1. The number of methoxy groups -OCH3 is 1. The summed E-state index contributed by atoms with van der Waals surface area (Å²) in [4.78, 5) is 23.2. The van der Waals surface area contributed by atoms with Crippen LogP contribution in [0.1, 0.15) is 39.7 Å². The first-order valence-electron chi connectivity index (χ1n) is 12.6. The summed E-state index contributed by atoms with van der Waals surface area (Å²) in [5, 5.41) is 5.63. The molecule has 0 bridgehead atoms. The Morgan fingerprint density at radius 1 is 1.05 bits per heavy atom. The molecule has 1 unspecified atom stereocenters. The molecule has 3 heterocycles. The van der Waals surface area contributed by atoms with Gasteiger partial charge < -0.3 is 24.8 Å². The van der Waals surface area contributed by atoms with Crippen molar-refractivity contribution >= 4 is 22.9 Å². The number of nitrogens with zero attached hydrogens (tertiary/aromatic N) is 5. The predicted molar refractivity (Wildman–Crippen MR) is 144 cm³/mol. The molecular weight excluding hydrogens is 484 g/mol. The van der Waals surface area contributed by atoms with Crippen molar-refractivity contribution < 1.29 is 19.0 Å². The monoisotopic (exact) mass is 516 g/mol. The zero-order chi connectivity index (χ0) is 26.9. The van der Waals surface area contributed by atoms with Gasteiger partial charge in [-0.15, -0.1) is 0 Å². The van der Waals surface area contributed by atoms with E-state index in [2.05, 4.69) is 9.97 Å². The number of rotatable bonds is 5. The highest BCUT2D eigenvalue weighted by Gasteiger charge is 2.31. The summed E-state index contributed by atoms with van der Waals surface area (Å²) in [6.07, 6.45) is 2.81. The average molecular weight is 517 g/mol. The molecule has 1 aliphatic rings. The Balaban J connectivity index is 1.43. The number of nitrogens with two attached hydrogens (primary N) is 1. The van der Waals surface area contributed by atoms with Crippen LogP contribution in [-0.2, 0) is 4.74 Å². The maximum absolute atomic E-state index is 12.7. The molecule has 1 fully saturated rings. The molecule has 2 N–H and O–H groups in total. The van der Waals surface area contributed by atoms with Crippen LogP contribution in [0.3, 0.4) is 0 Å². The van der Waals surface area contributed by atoms with Gasteiger partial charge in [-0.1, -0.05) is 6.07 Å². The van der Waals surface area contributed by atoms with Crippen molar-refractivity contribution in [2.75, 3.05) is 25.9 Å². The van der Waals surface area contributed by atoms with Gasteiger partial charge in [0, 0.05) is 24.7 Å². The van der Waals surface area contributed by atoms with Gasteiger partial charge in [0.25, 0.3) is 0 Å². The summed E-state index contributed by atoms with van der Waals surface area (Å²) in [5.74, 6) is 2.43. The lowest BCUT2D eigenvalue weighted by atomic mass is 10.1. The second-order valence-corrected chi connectivity index (χ2v) is 10.3. The van der Waals surface area contributed by atoms with Gasteiger partial charge in [-0.05, 0) is 70.0 Å². The van der Waals surface area contributed by atoms with Crippen LogP contribution >= 0.6 is 0 Å². The summed E-state index contributed by atoms with van der Waals surface area (Å²) >= 11 is 0. The standard InChI is InChI=1S/C28H32N6O4/c1-28(2,3)38-27(35)33-14-6-7-19(16-33)34-26-23(25(29)30-17-31-26)24(32-34)18-10-12-20(13-11-18)37-22-9-5-8-21(15-22)36-4/h5,8-13,15,17,19H,6-7,14,16H2,1-4H3,(H2,29,30,31). The van der Waals surface area contributed by atoms with E-state index in [0.29, 0.717) is 47.1 Å². The zero-order valence-electron chi connectivity index (χ0n) is 22.0. The molecule has 1 aliphatic heterocycles. The quantitative estimate of drug-likeness (QED) is 0.372. The van der Waals surface area contributed by atoms with Crippen LogP contribution in [0.25, 0.3) is 22.3 Å². The Morgan fingerprint density at radius 2 is 1.82 bits per heavy atom. The maximum Gasteiger partial charge on any atom is 0.410 e. The summed E-state index contributed by atoms with van der Waals surface area (Å²) < 4.78 is 18.7. The molecule has 1 amide bonds. The van der Waals surface area contributed by atoms with E-state index in [0.717, 1.165) is 24.2 Å². The van der Waals surface area contributed by atoms with Crippen LogP contribution in [0.15, 0.2) is 54.9 Å². The molecule has 0 saturated carbocycles. The molecule has 1 atom stereocenters. The van der Waals surface area contributed by atoms with Crippen LogP contribution in [-0.4, -0.2) is 56.5 Å². The van der Waals surface area contributed by atoms with Gasteiger partial charge >= 0.3 is 6.09 Å². The molecule has 38 heavy (non-hydrogen) atoms. The number of benzene rings is 2. The highest BCUT2D eigenvalue weighted by atomic mass is 16.6. The summed E-state index contributed by atoms with van der Waals surface area (Å²) in [5.41, 5.74) is 7.93. The number of piperidine rings is 1. The predicted octanol–water partition coefficient (Wildman–Crippen LogP) is 5.45. The number of anilines is 1. The molecule has 1 saturated heterocycles. The van der Waals surface area contributed by atoms with E-state index in [1.807, 2.05) is 74.0 Å². The number of hydrogen-bond acceptors (Lipinski definition) is 8. The van der Waals surface area contributed by atoms with Crippen molar-refractivity contribution in [3.05, 3.63) is 54.9 Å². The number of aromatic nitrogens is 4. The smallest absolute Gasteiger partial charge is 0.410 e. The van der Waals surface area contributed by atoms with Crippen molar-refractivity contribution in [3.8, 4) is 28.5 Å². The molecule has 0 radical (unpaired) electrons. The third-order valence-electron chi connectivity index (χ3n) is 6.32. The number of ether oxygens (including phenoxy) is 3. The highest BCUT2D eigenvalue weighted by molar-refractivity contribution is 5.98. The molecule has 198 valence electrons. The summed E-state index contributed by atoms with van der Waals surface area (Å²) in [7, 11) is 1.62. The topological polar surface area (TPSA) is 118 Å². The van der Waals surface area contributed by atoms with Crippen LogP contribution < -0.4 is 15.2 Å². The zero-order valence-corrected chi connectivity index (χ0v) is 22.0. The van der Waals surface area contributed by atoms with E-state index in [9.17, 15) is 4.79 Å². The van der Waals surface area contributed by atoms with E-state index in [-0.39, 0.29) is 12.1 Å². The Kier molecular flexibility index (Phi) is 6.79. The Labute approximate surface area is 221 Å². The number of carbonyl (C=O) groups excluding carboxylic acids is 1. The second kappa shape index (κ2) is 10.2. The number of nitrogen functional groups attached to an aromatic ring is 1. The molecule has 2 aromatic heterocycles. The molecule has 10 heteroatoms. The minimum absolute atomic E-state index is 0.0718. The van der Waals surface area contributed by atoms with Crippen LogP contribution in [0.4, 0.5) is 10.6 Å². The van der Waals surface area contributed by atoms with E-state index in [4.69, 9.17) is 25.0 Å². The lowest BCUT2D eigenvalue weighted by molar-refractivity contribution is 0.0169. The van der Waals surface area contributed by atoms with Crippen LogP contribution in [0.5, 0.6) is 17.2 Å². The number of fused-ring (bicyclic) bond motifs is 1. The van der Waals surface area contributed by atoms with Crippen molar-refractivity contribution in [1.82, 2.24) is 24.6 Å². The molecule has 4 aromatic rings. The van der Waals surface area contributed by atoms with Gasteiger partial charge in [0.15, 0.2) is 5.65 Å². The van der Waals surface area contributed by atoms with Crippen molar-refractivity contribution in [2.45, 2.75) is 45.3 Å². The average Bonchev–Trinajstić information content (AvgIpc) is 3.29. The lowest BCUT2D eigenvalue weighted by Crippen LogP contribution is -2.43. The fourth-order valence-electron chi connectivity index (χ4n) is 4.58. The number of hydrogen-bond donors (Lipinski definition) is 1. The first-order valence-corrected chi connectivity index (χ1v) is 12.6. The minimum atomic E-state index is -0.556. The van der Waals surface area contributed by atoms with E-state index in [1.54, 1.807) is 12.0 Å². The fraction of sp³-hybridized carbons (Fsp3) is 0.357. The Bertz CT molecular complexity index is 1440. The fourth-order valence-corrected chi connectivity index (χ4v) is 4.58.